The van der Waals surface area contributed by atoms with Crippen molar-refractivity contribution in [2.45, 2.75) is 84.2 Å². The molecule has 1 saturated carbocycles. The van der Waals surface area contributed by atoms with Gasteiger partial charge < -0.3 is 0 Å². The lowest BCUT2D eigenvalue weighted by Crippen LogP contribution is -2.46. The summed E-state index contributed by atoms with van der Waals surface area (Å²) in [5, 5.41) is 0. The molecule has 0 N–H and O–H groups in total. The van der Waals surface area contributed by atoms with E-state index in [2.05, 4.69) is 18.7 Å². The average molecular weight is 265 g/mol. The minimum atomic E-state index is 0.369. The number of nitrogens with zero attached hydrogens (tertiary/aromatic N) is 1. The Balaban J connectivity index is 2.05. The summed E-state index contributed by atoms with van der Waals surface area (Å²) in [5.41, 5.74) is 0. The Hall–Kier alpha value is -0.370. The molecule has 0 amide bonds. The zero-order valence-corrected chi connectivity index (χ0v) is 13.0. The first-order valence-electron chi connectivity index (χ1n) is 8.31. The van der Waals surface area contributed by atoms with E-state index in [1.165, 1.54) is 51.5 Å². The minimum absolute atomic E-state index is 0.369. The highest BCUT2D eigenvalue weighted by Crippen LogP contribution is 2.34. The highest BCUT2D eigenvalue weighted by atomic mass is 16.1. The van der Waals surface area contributed by atoms with Gasteiger partial charge >= 0.3 is 0 Å². The second-order valence-electron chi connectivity index (χ2n) is 7.22. The first-order chi connectivity index (χ1) is 9.06. The van der Waals surface area contributed by atoms with Crippen LogP contribution in [-0.2, 0) is 4.79 Å². The Morgan fingerprint density at radius 2 is 1.74 bits per heavy atom. The second kappa shape index (κ2) is 6.88. The molecule has 2 nitrogen and oxygen atoms in total. The molecule has 1 aliphatic heterocycles. The molecule has 1 aliphatic carbocycles. The van der Waals surface area contributed by atoms with Gasteiger partial charge in [0.15, 0.2) is 0 Å². The number of rotatable bonds is 3. The van der Waals surface area contributed by atoms with E-state index in [1.807, 2.05) is 0 Å². The van der Waals surface area contributed by atoms with Crippen molar-refractivity contribution in [3.05, 3.63) is 0 Å². The summed E-state index contributed by atoms with van der Waals surface area (Å²) in [6, 6.07) is 1.27. The molecule has 3 unspecified atom stereocenters. The van der Waals surface area contributed by atoms with Gasteiger partial charge in [0.25, 0.3) is 0 Å². The Morgan fingerprint density at radius 3 is 2.37 bits per heavy atom. The molecule has 2 heteroatoms. The molecular weight excluding hydrogens is 234 g/mol. The van der Waals surface area contributed by atoms with Crippen LogP contribution in [0, 0.1) is 11.8 Å². The van der Waals surface area contributed by atoms with Crippen LogP contribution in [0.25, 0.3) is 0 Å². The van der Waals surface area contributed by atoms with Crippen molar-refractivity contribution in [3.63, 3.8) is 0 Å². The zero-order chi connectivity index (χ0) is 13.8. The van der Waals surface area contributed by atoms with Gasteiger partial charge in [-0.1, -0.05) is 26.7 Å². The number of Topliss-reactive ketones (excluding diaryl/α,β-unsaturated/α-hetero) is 1. The first kappa shape index (κ1) is 15.0. The molecule has 2 aliphatic rings. The molecule has 2 fully saturated rings. The van der Waals surface area contributed by atoms with Gasteiger partial charge in [0, 0.05) is 18.5 Å². The van der Waals surface area contributed by atoms with Gasteiger partial charge in [-0.3, -0.25) is 9.69 Å². The largest absolute Gasteiger partial charge is 0.300 e. The third kappa shape index (κ3) is 4.30. The van der Waals surface area contributed by atoms with Gasteiger partial charge in [0.2, 0.25) is 0 Å². The van der Waals surface area contributed by atoms with Crippen molar-refractivity contribution >= 4 is 5.78 Å². The van der Waals surface area contributed by atoms with Crippen LogP contribution >= 0.6 is 0 Å². The van der Waals surface area contributed by atoms with Crippen LogP contribution in [-0.4, -0.2) is 29.3 Å². The minimum Gasteiger partial charge on any atom is -0.300 e. The highest BCUT2D eigenvalue weighted by molar-refractivity contribution is 5.76. The maximum atomic E-state index is 11.6. The van der Waals surface area contributed by atoms with Crippen LogP contribution < -0.4 is 0 Å². The van der Waals surface area contributed by atoms with Crippen LogP contribution in [0.1, 0.15) is 72.1 Å². The second-order valence-corrected chi connectivity index (χ2v) is 7.22. The predicted octanol–water partition coefficient (Wildman–Crippen LogP) is 4.03. The molecule has 3 atom stereocenters. The fraction of sp³-hybridized carbons (Fsp3) is 0.941. The fourth-order valence-corrected chi connectivity index (χ4v) is 4.41. The molecule has 2 rings (SSSR count). The summed E-state index contributed by atoms with van der Waals surface area (Å²) >= 11 is 0. The van der Waals surface area contributed by atoms with Crippen LogP contribution in [0.2, 0.25) is 0 Å². The van der Waals surface area contributed by atoms with Crippen molar-refractivity contribution < 1.29 is 4.79 Å². The Morgan fingerprint density at radius 1 is 1.05 bits per heavy atom. The van der Waals surface area contributed by atoms with E-state index in [4.69, 9.17) is 0 Å². The number of hydrogen-bond donors (Lipinski definition) is 0. The maximum absolute atomic E-state index is 11.6. The van der Waals surface area contributed by atoms with E-state index in [-0.39, 0.29) is 0 Å². The fourth-order valence-electron chi connectivity index (χ4n) is 4.41. The molecule has 19 heavy (non-hydrogen) atoms. The van der Waals surface area contributed by atoms with Gasteiger partial charge in [-0.05, 0) is 57.4 Å². The van der Waals surface area contributed by atoms with Crippen molar-refractivity contribution in [2.24, 2.45) is 11.8 Å². The van der Waals surface area contributed by atoms with Crippen molar-refractivity contribution in [1.82, 2.24) is 4.90 Å². The van der Waals surface area contributed by atoms with E-state index in [9.17, 15) is 4.79 Å². The van der Waals surface area contributed by atoms with E-state index in [0.29, 0.717) is 11.8 Å². The van der Waals surface area contributed by atoms with Gasteiger partial charge in [-0.2, -0.15) is 0 Å². The standard InChI is InChI=1S/C17H31NO/c1-13-9-14(2)11-17(10-13)18-8-6-4-5-7-16(18)12-15(3)19/h13-14,16-17H,4-12H2,1-3H3. The number of ketones is 1. The summed E-state index contributed by atoms with van der Waals surface area (Å²) in [6.07, 6.45) is 10.1. The summed E-state index contributed by atoms with van der Waals surface area (Å²) in [4.78, 5) is 14.3. The third-order valence-electron chi connectivity index (χ3n) is 5.07. The smallest absolute Gasteiger partial charge is 0.131 e. The number of likely N-dealkylation sites (tertiary alicyclic amines) is 1. The van der Waals surface area contributed by atoms with Gasteiger partial charge in [-0.15, -0.1) is 0 Å². The highest BCUT2D eigenvalue weighted by Gasteiger charge is 2.33. The first-order valence-corrected chi connectivity index (χ1v) is 8.31. The number of hydrogen-bond acceptors (Lipinski definition) is 2. The molecule has 110 valence electrons. The lowest BCUT2D eigenvalue weighted by atomic mass is 9.79. The molecule has 0 aromatic carbocycles. The molecule has 1 saturated heterocycles. The predicted molar refractivity (Wildman–Crippen MR) is 80.2 cm³/mol. The van der Waals surface area contributed by atoms with Crippen LogP contribution in [0.5, 0.6) is 0 Å². The molecular formula is C17H31NO. The molecule has 1 heterocycles. The Kier molecular flexibility index (Phi) is 5.44. The van der Waals surface area contributed by atoms with Gasteiger partial charge in [0.05, 0.1) is 0 Å². The number of carbonyl (C=O) groups is 1. The van der Waals surface area contributed by atoms with Crippen molar-refractivity contribution in [3.8, 4) is 0 Å². The summed E-state index contributed by atoms with van der Waals surface area (Å²) in [5.74, 6) is 2.08. The topological polar surface area (TPSA) is 20.3 Å². The van der Waals surface area contributed by atoms with E-state index >= 15 is 0 Å². The SMILES string of the molecule is CC(=O)CC1CCCCCN1C1CC(C)CC(C)C1. The normalized spacial score (nSPS) is 37.8. The molecule has 0 aromatic heterocycles. The van der Waals surface area contributed by atoms with E-state index in [1.54, 1.807) is 6.92 Å². The summed E-state index contributed by atoms with van der Waals surface area (Å²) in [7, 11) is 0. The molecule has 0 spiro atoms. The zero-order valence-electron chi connectivity index (χ0n) is 13.0. The van der Waals surface area contributed by atoms with Crippen molar-refractivity contribution in [2.75, 3.05) is 6.54 Å². The van der Waals surface area contributed by atoms with E-state index < -0.39 is 0 Å². The third-order valence-corrected chi connectivity index (χ3v) is 5.07. The maximum Gasteiger partial charge on any atom is 0.131 e. The lowest BCUT2D eigenvalue weighted by Gasteiger charge is -2.42. The Labute approximate surface area is 118 Å². The van der Waals surface area contributed by atoms with Crippen LogP contribution in [0.4, 0.5) is 0 Å². The Bertz CT molecular complexity index is 292. The monoisotopic (exact) mass is 265 g/mol. The van der Waals surface area contributed by atoms with E-state index in [0.717, 1.165) is 24.3 Å². The molecule has 0 bridgehead atoms. The van der Waals surface area contributed by atoms with Crippen molar-refractivity contribution in [1.29, 1.82) is 0 Å². The van der Waals surface area contributed by atoms with Gasteiger partial charge in [-0.25, -0.2) is 0 Å². The molecule has 0 aromatic rings. The lowest BCUT2D eigenvalue weighted by molar-refractivity contribution is -0.118. The average Bonchev–Trinajstić information content (AvgIpc) is 2.52. The quantitative estimate of drug-likeness (QED) is 0.767. The summed E-state index contributed by atoms with van der Waals surface area (Å²) in [6.45, 7) is 7.79. The number of carbonyl (C=O) groups excluding carboxylic acids is 1. The van der Waals surface area contributed by atoms with Crippen LogP contribution in [0.3, 0.4) is 0 Å². The summed E-state index contributed by atoms with van der Waals surface area (Å²) < 4.78 is 0. The molecule has 0 radical (unpaired) electrons. The van der Waals surface area contributed by atoms with Gasteiger partial charge in [0.1, 0.15) is 5.78 Å². The van der Waals surface area contributed by atoms with Crippen LogP contribution in [0.15, 0.2) is 0 Å².